The van der Waals surface area contributed by atoms with Crippen LogP contribution < -0.4 is 15.9 Å². The number of halogens is 2. The Morgan fingerprint density at radius 1 is 1.47 bits per heavy atom. The van der Waals surface area contributed by atoms with Crippen LogP contribution in [0.2, 0.25) is 0 Å². The van der Waals surface area contributed by atoms with Crippen molar-refractivity contribution in [3.05, 3.63) is 29.8 Å². The normalized spacial score (nSPS) is 10.8. The fourth-order valence-electron chi connectivity index (χ4n) is 0.980. The third-order valence-corrected chi connectivity index (χ3v) is 1.64. The van der Waals surface area contributed by atoms with Crippen molar-refractivity contribution in [3.8, 4) is 5.75 Å². The van der Waals surface area contributed by atoms with E-state index in [1.807, 2.05) is 5.43 Å². The Morgan fingerprint density at radius 3 is 2.65 bits per heavy atom. The van der Waals surface area contributed by atoms with Gasteiger partial charge in [-0.2, -0.15) is 5.10 Å². The van der Waals surface area contributed by atoms with Crippen LogP contribution in [0.5, 0.6) is 5.75 Å². The Kier molecular flexibility index (Phi) is 4.86. The highest BCUT2D eigenvalue weighted by molar-refractivity contribution is 5.81. The van der Waals surface area contributed by atoms with Crippen LogP contribution in [0, 0.1) is 0 Å². The monoisotopic (exact) mass is 243 g/mol. The van der Waals surface area contributed by atoms with Crippen molar-refractivity contribution in [2.24, 2.45) is 10.8 Å². The van der Waals surface area contributed by atoms with Gasteiger partial charge < -0.3 is 10.5 Å². The molecule has 1 aromatic rings. The molecule has 0 unspecified atom stereocenters. The van der Waals surface area contributed by atoms with Gasteiger partial charge in [0.2, 0.25) is 0 Å². The molecule has 0 aliphatic rings. The van der Waals surface area contributed by atoms with Crippen LogP contribution in [0.25, 0.3) is 0 Å². The minimum absolute atomic E-state index is 0.338. The summed E-state index contributed by atoms with van der Waals surface area (Å²) in [6.07, 6.45) is -1.14. The maximum Gasteiger partial charge on any atom is 0.332 e. The Balaban J connectivity index is 2.50. The molecule has 0 bridgehead atoms. The highest BCUT2D eigenvalue weighted by Gasteiger charge is 2.02. The minimum atomic E-state index is -2.50. The van der Waals surface area contributed by atoms with Gasteiger partial charge in [0.15, 0.2) is 0 Å². The first-order chi connectivity index (χ1) is 8.08. The lowest BCUT2D eigenvalue weighted by Gasteiger charge is -2.04. The van der Waals surface area contributed by atoms with Crippen molar-refractivity contribution in [1.29, 1.82) is 0 Å². The number of alkyl halides is 2. The Morgan fingerprint density at radius 2 is 2.12 bits per heavy atom. The zero-order valence-electron chi connectivity index (χ0n) is 8.77. The number of nitrogens with two attached hydrogens (primary N) is 1. The molecule has 0 saturated carbocycles. The van der Waals surface area contributed by atoms with Crippen LogP contribution in [0.1, 0.15) is 5.56 Å². The molecular weight excluding hydrogens is 232 g/mol. The molecule has 0 radical (unpaired) electrons. The third kappa shape index (κ3) is 5.45. The molecule has 7 heteroatoms. The number of nitrogens with zero attached hydrogens (tertiary/aromatic N) is 1. The second-order valence-corrected chi connectivity index (χ2v) is 3.01. The van der Waals surface area contributed by atoms with Gasteiger partial charge >= 0.3 is 6.03 Å². The number of hydrazone groups is 1. The van der Waals surface area contributed by atoms with E-state index in [1.54, 1.807) is 12.1 Å². The molecule has 92 valence electrons. The van der Waals surface area contributed by atoms with Gasteiger partial charge in [0.25, 0.3) is 6.43 Å². The highest BCUT2D eigenvalue weighted by atomic mass is 19.3. The number of amides is 2. The maximum absolute atomic E-state index is 11.8. The van der Waals surface area contributed by atoms with E-state index in [0.29, 0.717) is 11.3 Å². The first-order valence-corrected chi connectivity index (χ1v) is 4.67. The summed E-state index contributed by atoms with van der Waals surface area (Å²) in [4.78, 5) is 10.3. The fraction of sp³-hybridized carbons (Fsp3) is 0.200. The van der Waals surface area contributed by atoms with Gasteiger partial charge in [-0.05, 0) is 29.8 Å². The summed E-state index contributed by atoms with van der Waals surface area (Å²) in [5.41, 5.74) is 7.49. The molecule has 1 rings (SSSR count). The van der Waals surface area contributed by atoms with E-state index in [9.17, 15) is 13.6 Å². The van der Waals surface area contributed by atoms with E-state index in [2.05, 4.69) is 5.10 Å². The number of rotatable bonds is 5. The number of urea groups is 1. The zero-order valence-corrected chi connectivity index (χ0v) is 8.77. The lowest BCUT2D eigenvalue weighted by molar-refractivity contribution is 0.0819. The molecule has 0 saturated heterocycles. The molecule has 0 spiro atoms. The van der Waals surface area contributed by atoms with Crippen LogP contribution in [-0.2, 0) is 0 Å². The molecule has 5 nitrogen and oxygen atoms in total. The van der Waals surface area contributed by atoms with E-state index < -0.39 is 19.1 Å². The van der Waals surface area contributed by atoms with Crippen LogP contribution >= 0.6 is 0 Å². The second-order valence-electron chi connectivity index (χ2n) is 3.01. The Labute approximate surface area is 96.3 Å². The van der Waals surface area contributed by atoms with Gasteiger partial charge in [-0.1, -0.05) is 0 Å². The molecule has 0 fully saturated rings. The summed E-state index contributed by atoms with van der Waals surface area (Å²) >= 11 is 0. The van der Waals surface area contributed by atoms with E-state index in [1.165, 1.54) is 18.3 Å². The molecular formula is C10H11F2N3O2. The SMILES string of the molecule is NC(=O)NN=Cc1ccc(OCC(F)F)cc1. The lowest BCUT2D eigenvalue weighted by atomic mass is 10.2. The van der Waals surface area contributed by atoms with Crippen LogP contribution in [-0.4, -0.2) is 25.3 Å². The average molecular weight is 243 g/mol. The van der Waals surface area contributed by atoms with E-state index >= 15 is 0 Å². The van der Waals surface area contributed by atoms with E-state index in [0.717, 1.165) is 0 Å². The number of hydrogen-bond acceptors (Lipinski definition) is 3. The summed E-state index contributed by atoms with van der Waals surface area (Å²) < 4.78 is 28.5. The number of primary amides is 1. The summed E-state index contributed by atoms with van der Waals surface area (Å²) in [5, 5.41) is 3.53. The zero-order chi connectivity index (χ0) is 12.7. The largest absolute Gasteiger partial charge is 0.488 e. The van der Waals surface area contributed by atoms with Crippen molar-refractivity contribution < 1.29 is 18.3 Å². The van der Waals surface area contributed by atoms with Gasteiger partial charge in [-0.15, -0.1) is 0 Å². The molecule has 3 N–H and O–H groups in total. The minimum Gasteiger partial charge on any atom is -0.488 e. The number of benzene rings is 1. The highest BCUT2D eigenvalue weighted by Crippen LogP contribution is 2.11. The molecule has 17 heavy (non-hydrogen) atoms. The standard InChI is InChI=1S/C10H11F2N3O2/c11-9(12)6-17-8-3-1-7(2-4-8)5-14-15-10(13)16/h1-5,9H,6H2,(H3,13,15,16). The van der Waals surface area contributed by atoms with E-state index in [4.69, 9.17) is 10.5 Å². The summed E-state index contributed by atoms with van der Waals surface area (Å²) in [6, 6.07) is 5.49. The lowest BCUT2D eigenvalue weighted by Crippen LogP contribution is -2.24. The average Bonchev–Trinajstić information content (AvgIpc) is 2.27. The van der Waals surface area contributed by atoms with Crippen molar-refractivity contribution in [1.82, 2.24) is 5.43 Å². The first-order valence-electron chi connectivity index (χ1n) is 4.67. The molecule has 0 atom stereocenters. The maximum atomic E-state index is 11.8. The Hall–Kier alpha value is -2.18. The number of ether oxygens (including phenoxy) is 1. The van der Waals surface area contributed by atoms with E-state index in [-0.39, 0.29) is 0 Å². The number of hydrogen-bond donors (Lipinski definition) is 2. The fourth-order valence-corrected chi connectivity index (χ4v) is 0.980. The van der Waals surface area contributed by atoms with Gasteiger partial charge in [0.05, 0.1) is 6.21 Å². The topological polar surface area (TPSA) is 76.7 Å². The number of nitrogens with one attached hydrogen (secondary N) is 1. The van der Waals surface area contributed by atoms with Crippen molar-refractivity contribution in [3.63, 3.8) is 0 Å². The van der Waals surface area contributed by atoms with Gasteiger partial charge in [-0.3, -0.25) is 0 Å². The quantitative estimate of drug-likeness (QED) is 0.604. The smallest absolute Gasteiger partial charge is 0.332 e. The summed E-state index contributed by atoms with van der Waals surface area (Å²) in [5.74, 6) is 0.338. The number of carbonyl (C=O) groups excluding carboxylic acids is 1. The third-order valence-electron chi connectivity index (χ3n) is 1.64. The predicted octanol–water partition coefficient (Wildman–Crippen LogP) is 1.33. The summed E-state index contributed by atoms with van der Waals surface area (Å²) in [6.45, 7) is -0.642. The van der Waals surface area contributed by atoms with Crippen molar-refractivity contribution in [2.75, 3.05) is 6.61 Å². The summed E-state index contributed by atoms with van der Waals surface area (Å²) in [7, 11) is 0. The van der Waals surface area contributed by atoms with Crippen LogP contribution in [0.4, 0.5) is 13.6 Å². The van der Waals surface area contributed by atoms with Crippen LogP contribution in [0.3, 0.4) is 0 Å². The molecule has 0 aliphatic carbocycles. The molecule has 2 amide bonds. The van der Waals surface area contributed by atoms with Crippen LogP contribution in [0.15, 0.2) is 29.4 Å². The van der Waals surface area contributed by atoms with Gasteiger partial charge in [-0.25, -0.2) is 19.0 Å². The van der Waals surface area contributed by atoms with Crippen molar-refractivity contribution >= 4 is 12.2 Å². The van der Waals surface area contributed by atoms with Gasteiger partial charge in [0, 0.05) is 0 Å². The number of carbonyl (C=O) groups is 1. The molecule has 0 aliphatic heterocycles. The van der Waals surface area contributed by atoms with Crippen molar-refractivity contribution in [2.45, 2.75) is 6.43 Å². The first kappa shape index (κ1) is 12.9. The molecule has 0 heterocycles. The van der Waals surface area contributed by atoms with Gasteiger partial charge in [0.1, 0.15) is 12.4 Å². The molecule has 1 aromatic carbocycles. The Bertz CT molecular complexity index is 393. The predicted molar refractivity (Wildman–Crippen MR) is 58.3 cm³/mol. The molecule has 0 aromatic heterocycles. The second kappa shape index (κ2) is 6.41.